The lowest BCUT2D eigenvalue weighted by Gasteiger charge is -2.31. The molecule has 0 saturated carbocycles. The second kappa shape index (κ2) is 5.75. The summed E-state index contributed by atoms with van der Waals surface area (Å²) in [5.41, 5.74) is 0.717. The summed E-state index contributed by atoms with van der Waals surface area (Å²) in [6.07, 6.45) is 4.18. The first-order chi connectivity index (χ1) is 9.72. The summed E-state index contributed by atoms with van der Waals surface area (Å²) in [5.74, 6) is 1.39. The molecule has 2 aromatic heterocycles. The lowest BCUT2D eigenvalue weighted by Crippen LogP contribution is -2.38. The maximum absolute atomic E-state index is 12.2. The molecule has 20 heavy (non-hydrogen) atoms. The number of aromatic nitrogens is 2. The third-order valence-corrected chi connectivity index (χ3v) is 4.60. The van der Waals surface area contributed by atoms with Gasteiger partial charge in [-0.15, -0.1) is 11.3 Å². The van der Waals surface area contributed by atoms with Gasteiger partial charge < -0.3 is 9.42 Å². The van der Waals surface area contributed by atoms with Crippen LogP contribution in [0.3, 0.4) is 0 Å². The zero-order valence-electron chi connectivity index (χ0n) is 11.4. The van der Waals surface area contributed by atoms with Gasteiger partial charge in [-0.05, 0) is 19.8 Å². The lowest BCUT2D eigenvalue weighted by molar-refractivity contribution is -0.131. The Labute approximate surface area is 121 Å². The number of piperidine rings is 1. The Hall–Kier alpha value is -1.69. The van der Waals surface area contributed by atoms with Crippen molar-refractivity contribution in [2.24, 2.45) is 0 Å². The van der Waals surface area contributed by atoms with Gasteiger partial charge in [-0.3, -0.25) is 4.79 Å². The molecule has 3 heterocycles. The van der Waals surface area contributed by atoms with Gasteiger partial charge in [-0.25, -0.2) is 4.98 Å². The minimum Gasteiger partial charge on any atom is -0.361 e. The maximum Gasteiger partial charge on any atom is 0.228 e. The zero-order chi connectivity index (χ0) is 13.9. The molecule has 0 unspecified atom stereocenters. The van der Waals surface area contributed by atoms with E-state index in [4.69, 9.17) is 4.52 Å². The minimum absolute atomic E-state index is 0.135. The lowest BCUT2D eigenvalue weighted by atomic mass is 9.97. The molecule has 1 fully saturated rings. The molecule has 0 spiro atoms. The first kappa shape index (κ1) is 13.3. The third-order valence-electron chi connectivity index (χ3n) is 3.66. The Bertz CT molecular complexity index is 571. The SMILES string of the molecule is Cc1cc(CC(=O)N2CCC(c3nccs3)CC2)no1. The fourth-order valence-electron chi connectivity index (χ4n) is 2.58. The fraction of sp³-hybridized carbons (Fsp3) is 0.500. The first-order valence-electron chi connectivity index (χ1n) is 6.82. The Morgan fingerprint density at radius 2 is 2.30 bits per heavy atom. The van der Waals surface area contributed by atoms with Gasteiger partial charge in [0, 0.05) is 36.7 Å². The number of thiazole rings is 1. The molecule has 106 valence electrons. The van der Waals surface area contributed by atoms with Crippen LogP contribution in [0, 0.1) is 6.92 Å². The van der Waals surface area contributed by atoms with Crippen molar-refractivity contribution in [3.05, 3.63) is 34.1 Å². The van der Waals surface area contributed by atoms with E-state index >= 15 is 0 Å². The molecular formula is C14H17N3O2S. The first-order valence-corrected chi connectivity index (χ1v) is 7.69. The number of carbonyl (C=O) groups is 1. The molecule has 0 bridgehead atoms. The molecule has 3 rings (SSSR count). The van der Waals surface area contributed by atoms with Crippen LogP contribution in [0.2, 0.25) is 0 Å². The van der Waals surface area contributed by atoms with E-state index in [1.54, 1.807) is 11.3 Å². The minimum atomic E-state index is 0.135. The van der Waals surface area contributed by atoms with Crippen molar-refractivity contribution in [2.75, 3.05) is 13.1 Å². The standard InChI is InChI=1S/C14H17N3O2S/c1-10-8-12(16-19-10)9-13(18)17-5-2-11(3-6-17)14-15-4-7-20-14/h4,7-8,11H,2-3,5-6,9H2,1H3. The molecule has 1 aliphatic heterocycles. The van der Waals surface area contributed by atoms with Gasteiger partial charge in [0.1, 0.15) is 5.76 Å². The van der Waals surface area contributed by atoms with Gasteiger partial charge >= 0.3 is 0 Å². The van der Waals surface area contributed by atoms with E-state index < -0.39 is 0 Å². The van der Waals surface area contributed by atoms with E-state index in [-0.39, 0.29) is 5.91 Å². The molecule has 0 aromatic carbocycles. The zero-order valence-corrected chi connectivity index (χ0v) is 12.2. The predicted molar refractivity (Wildman–Crippen MR) is 75.6 cm³/mol. The number of hydrogen-bond acceptors (Lipinski definition) is 5. The Kier molecular flexibility index (Phi) is 3.82. The second-order valence-electron chi connectivity index (χ2n) is 5.13. The van der Waals surface area contributed by atoms with Crippen LogP contribution in [0.15, 0.2) is 22.2 Å². The largest absolute Gasteiger partial charge is 0.361 e. The molecule has 1 amide bonds. The summed E-state index contributed by atoms with van der Waals surface area (Å²) in [6, 6.07) is 1.82. The van der Waals surface area contributed by atoms with E-state index in [1.165, 1.54) is 5.01 Å². The molecule has 1 aliphatic rings. The van der Waals surface area contributed by atoms with Crippen LogP contribution >= 0.6 is 11.3 Å². The van der Waals surface area contributed by atoms with Crippen molar-refractivity contribution >= 4 is 17.2 Å². The molecule has 2 aromatic rings. The number of carbonyl (C=O) groups excluding carboxylic acids is 1. The number of likely N-dealkylation sites (tertiary alicyclic amines) is 1. The van der Waals surface area contributed by atoms with E-state index in [1.807, 2.05) is 29.5 Å². The Morgan fingerprint density at radius 1 is 1.50 bits per heavy atom. The number of amides is 1. The molecule has 5 nitrogen and oxygen atoms in total. The summed E-state index contributed by atoms with van der Waals surface area (Å²) < 4.78 is 4.99. The normalized spacial score (nSPS) is 16.6. The van der Waals surface area contributed by atoms with Crippen molar-refractivity contribution in [3.63, 3.8) is 0 Å². The summed E-state index contributed by atoms with van der Waals surface area (Å²) in [4.78, 5) is 18.5. The van der Waals surface area contributed by atoms with Gasteiger partial charge in [0.15, 0.2) is 0 Å². The van der Waals surface area contributed by atoms with Crippen LogP contribution in [0.5, 0.6) is 0 Å². The number of rotatable bonds is 3. The van der Waals surface area contributed by atoms with Crippen LogP contribution < -0.4 is 0 Å². The molecule has 6 heteroatoms. The van der Waals surface area contributed by atoms with Crippen LogP contribution in [-0.2, 0) is 11.2 Å². The molecule has 1 saturated heterocycles. The number of hydrogen-bond donors (Lipinski definition) is 0. The van der Waals surface area contributed by atoms with Gasteiger partial charge in [-0.2, -0.15) is 0 Å². The van der Waals surface area contributed by atoms with E-state index in [0.29, 0.717) is 12.3 Å². The van der Waals surface area contributed by atoms with E-state index in [9.17, 15) is 4.79 Å². The highest BCUT2D eigenvalue weighted by Crippen LogP contribution is 2.29. The van der Waals surface area contributed by atoms with Crippen LogP contribution in [0.4, 0.5) is 0 Å². The third kappa shape index (κ3) is 2.90. The van der Waals surface area contributed by atoms with E-state index in [0.717, 1.165) is 37.4 Å². The smallest absolute Gasteiger partial charge is 0.228 e. The Morgan fingerprint density at radius 3 is 2.90 bits per heavy atom. The highest BCUT2D eigenvalue weighted by Gasteiger charge is 2.25. The van der Waals surface area contributed by atoms with Crippen LogP contribution in [0.1, 0.15) is 35.2 Å². The summed E-state index contributed by atoms with van der Waals surface area (Å²) >= 11 is 1.71. The van der Waals surface area contributed by atoms with Gasteiger partial charge in [0.05, 0.1) is 17.1 Å². The van der Waals surface area contributed by atoms with Crippen molar-refractivity contribution in [2.45, 2.75) is 32.1 Å². The monoisotopic (exact) mass is 291 g/mol. The highest BCUT2D eigenvalue weighted by atomic mass is 32.1. The number of nitrogens with zero attached hydrogens (tertiary/aromatic N) is 3. The molecule has 0 aliphatic carbocycles. The van der Waals surface area contributed by atoms with Gasteiger partial charge in [0.2, 0.25) is 5.91 Å². The predicted octanol–water partition coefficient (Wildman–Crippen LogP) is 2.39. The van der Waals surface area contributed by atoms with E-state index in [2.05, 4.69) is 10.1 Å². The summed E-state index contributed by atoms with van der Waals surface area (Å²) in [5, 5.41) is 7.09. The topological polar surface area (TPSA) is 59.2 Å². The van der Waals surface area contributed by atoms with Gasteiger partial charge in [-0.1, -0.05) is 5.16 Å². The van der Waals surface area contributed by atoms with Gasteiger partial charge in [0.25, 0.3) is 0 Å². The second-order valence-corrected chi connectivity index (χ2v) is 6.06. The summed E-state index contributed by atoms with van der Waals surface area (Å²) in [7, 11) is 0. The van der Waals surface area contributed by atoms with Crippen molar-refractivity contribution in [3.8, 4) is 0 Å². The van der Waals surface area contributed by atoms with Crippen molar-refractivity contribution < 1.29 is 9.32 Å². The van der Waals surface area contributed by atoms with Crippen LogP contribution in [0.25, 0.3) is 0 Å². The molecule has 0 atom stereocenters. The average molecular weight is 291 g/mol. The average Bonchev–Trinajstić information content (AvgIpc) is 3.11. The maximum atomic E-state index is 12.2. The number of aryl methyl sites for hydroxylation is 1. The van der Waals surface area contributed by atoms with Crippen molar-refractivity contribution in [1.82, 2.24) is 15.0 Å². The quantitative estimate of drug-likeness (QED) is 0.871. The molecule has 0 radical (unpaired) electrons. The van der Waals surface area contributed by atoms with Crippen LogP contribution in [-0.4, -0.2) is 34.0 Å². The van der Waals surface area contributed by atoms with Crippen molar-refractivity contribution in [1.29, 1.82) is 0 Å². The Balaban J connectivity index is 1.54. The molecular weight excluding hydrogens is 274 g/mol. The fourth-order valence-corrected chi connectivity index (χ4v) is 3.39. The highest BCUT2D eigenvalue weighted by molar-refractivity contribution is 7.09. The summed E-state index contributed by atoms with van der Waals surface area (Å²) in [6.45, 7) is 3.44. The molecule has 0 N–H and O–H groups in total.